The maximum Gasteiger partial charge on any atom is 0.326 e. The van der Waals surface area contributed by atoms with Crippen LogP contribution in [0.5, 0.6) is 5.75 Å². The molecule has 2 atom stereocenters. The Morgan fingerprint density at radius 2 is 1.38 bits per heavy atom. The van der Waals surface area contributed by atoms with Crippen LogP contribution in [0.2, 0.25) is 0 Å². The van der Waals surface area contributed by atoms with Gasteiger partial charge in [-0.1, -0.05) is 102 Å². The van der Waals surface area contributed by atoms with E-state index < -0.39 is 29.9 Å². The summed E-state index contributed by atoms with van der Waals surface area (Å²) in [6.45, 7) is 9.19. The number of nitrogens with one attached hydrogen (secondary N) is 2. The molecule has 0 spiro atoms. The Kier molecular flexibility index (Phi) is 13.9. The topological polar surface area (TPSA) is 148 Å². The molecular weight excluding hydrogens is 693 g/mol. The molecule has 3 N–H and O–H groups in total. The van der Waals surface area contributed by atoms with Gasteiger partial charge in [0.25, 0.3) is 5.91 Å². The van der Waals surface area contributed by atoms with Crippen molar-refractivity contribution in [2.75, 3.05) is 6.61 Å². The molecule has 0 bridgehead atoms. The molecule has 2 heterocycles. The minimum absolute atomic E-state index is 0.0380. The third-order valence-electron chi connectivity index (χ3n) is 9.46. The second-order valence-corrected chi connectivity index (χ2v) is 15.0. The van der Waals surface area contributed by atoms with Crippen LogP contribution in [0, 0.1) is 0 Å². The van der Waals surface area contributed by atoms with Gasteiger partial charge in [-0.3, -0.25) is 14.3 Å². The lowest BCUT2D eigenvalue weighted by Gasteiger charge is -2.22. The Hall–Kier alpha value is -5.84. The predicted molar refractivity (Wildman–Crippen MR) is 214 cm³/mol. The van der Waals surface area contributed by atoms with Gasteiger partial charge >= 0.3 is 5.97 Å². The number of aryl methyl sites for hydroxylation is 1. The van der Waals surface area contributed by atoms with Crippen molar-refractivity contribution in [3.8, 4) is 28.3 Å². The van der Waals surface area contributed by atoms with Crippen molar-refractivity contribution in [3.05, 3.63) is 120 Å². The molecule has 0 radical (unpaired) electrons. The molecule has 11 heteroatoms. The highest BCUT2D eigenvalue weighted by atomic mass is 16.5. The summed E-state index contributed by atoms with van der Waals surface area (Å²) in [5.41, 5.74) is 5.43. The molecule has 0 fully saturated rings. The average molecular weight is 745 g/mol. The predicted octanol–water partition coefficient (Wildman–Crippen LogP) is 7.34. The summed E-state index contributed by atoms with van der Waals surface area (Å²) in [4.78, 5) is 48.6. The van der Waals surface area contributed by atoms with Crippen LogP contribution in [0.25, 0.3) is 22.5 Å². The molecule has 0 unspecified atom stereocenters. The Morgan fingerprint density at radius 3 is 1.98 bits per heavy atom. The number of carboxylic acid groups (broad SMARTS) is 1. The second-order valence-electron chi connectivity index (χ2n) is 15.0. The fraction of sp³-hybridized carbons (Fsp3) is 0.364. The molecule has 0 aliphatic rings. The summed E-state index contributed by atoms with van der Waals surface area (Å²) in [6.07, 6.45) is 13.0. The molecule has 3 aromatic carbocycles. The molecule has 2 aromatic heterocycles. The van der Waals surface area contributed by atoms with Crippen molar-refractivity contribution < 1.29 is 24.2 Å². The van der Waals surface area contributed by atoms with E-state index in [2.05, 4.69) is 53.4 Å². The van der Waals surface area contributed by atoms with Gasteiger partial charge in [0.1, 0.15) is 17.8 Å². The minimum Gasteiger partial charge on any atom is -0.494 e. The van der Waals surface area contributed by atoms with Gasteiger partial charge in [-0.25, -0.2) is 14.8 Å². The number of nitrogens with zero attached hydrogens (tertiary/aromatic N) is 4. The molecule has 0 aliphatic heterocycles. The maximum atomic E-state index is 13.7. The lowest BCUT2D eigenvalue weighted by molar-refractivity contribution is -0.142. The molecule has 0 saturated heterocycles. The first-order chi connectivity index (χ1) is 26.4. The molecule has 11 nitrogen and oxygen atoms in total. The number of ether oxygens (including phenoxy) is 1. The summed E-state index contributed by atoms with van der Waals surface area (Å²) in [5, 5.41) is 19.5. The van der Waals surface area contributed by atoms with E-state index in [0.717, 1.165) is 40.0 Å². The smallest absolute Gasteiger partial charge is 0.326 e. The lowest BCUT2D eigenvalue weighted by atomic mass is 9.86. The first-order valence-electron chi connectivity index (χ1n) is 19.0. The monoisotopic (exact) mass is 744 g/mol. The molecular formula is C44H52N6O5. The summed E-state index contributed by atoms with van der Waals surface area (Å²) in [6, 6.07) is 20.3. The first kappa shape index (κ1) is 40.3. The number of unbranched alkanes of at least 4 members (excludes halogenated alkanes) is 4. The standard InChI is InChI=1S/C44H52N6O5/c1-6-7-8-9-10-23-55-37-21-17-32(18-22-37)35-27-45-40(46-28-35)33-13-11-30(12-14-33)24-38(48-41(51)34-15-19-36(20-16-34)44(2,3)4)42(52)49-39(43(53)54)25-31-26-47-50(5)29-31/h11-22,26-29,38-39H,6-10,23-25H2,1-5H3,(H,48,51)(H,49,52)(H,53,54)/t38-,39-/m0/s1. The van der Waals surface area contributed by atoms with Gasteiger partial charge in [-0.2, -0.15) is 5.10 Å². The number of aromatic nitrogens is 4. The van der Waals surface area contributed by atoms with Crippen LogP contribution in [0.3, 0.4) is 0 Å². The van der Waals surface area contributed by atoms with Crippen molar-refractivity contribution in [1.29, 1.82) is 0 Å². The van der Waals surface area contributed by atoms with Crippen molar-refractivity contribution in [2.45, 2.75) is 90.1 Å². The van der Waals surface area contributed by atoms with E-state index in [1.54, 1.807) is 48.6 Å². The quantitative estimate of drug-likeness (QED) is 0.0790. The van der Waals surface area contributed by atoms with Crippen LogP contribution in [-0.2, 0) is 34.9 Å². The van der Waals surface area contributed by atoms with E-state index in [-0.39, 0.29) is 18.3 Å². The first-order valence-corrected chi connectivity index (χ1v) is 19.0. The minimum atomic E-state index is -1.22. The summed E-state index contributed by atoms with van der Waals surface area (Å²) >= 11 is 0. The molecule has 288 valence electrons. The number of aliphatic carboxylic acids is 1. The summed E-state index contributed by atoms with van der Waals surface area (Å²) in [7, 11) is 1.73. The second kappa shape index (κ2) is 19.0. The zero-order valence-corrected chi connectivity index (χ0v) is 32.4. The zero-order chi connectivity index (χ0) is 39.4. The Bertz CT molecular complexity index is 2000. The molecule has 2 amide bonds. The molecule has 0 aliphatic carbocycles. The number of carboxylic acids is 1. The van der Waals surface area contributed by atoms with Gasteiger partial charge in [0.15, 0.2) is 5.82 Å². The highest BCUT2D eigenvalue weighted by Crippen LogP contribution is 2.25. The summed E-state index contributed by atoms with van der Waals surface area (Å²) in [5.74, 6) is -0.854. The average Bonchev–Trinajstić information content (AvgIpc) is 3.60. The van der Waals surface area contributed by atoms with Crippen molar-refractivity contribution in [1.82, 2.24) is 30.4 Å². The third-order valence-corrected chi connectivity index (χ3v) is 9.46. The van der Waals surface area contributed by atoms with Gasteiger partial charge in [-0.05, 0) is 58.4 Å². The van der Waals surface area contributed by atoms with E-state index >= 15 is 0 Å². The molecule has 5 aromatic rings. The Balaban J connectivity index is 1.26. The fourth-order valence-corrected chi connectivity index (χ4v) is 6.15. The number of amides is 2. The van der Waals surface area contributed by atoms with Crippen LogP contribution in [0.15, 0.2) is 97.6 Å². The van der Waals surface area contributed by atoms with Crippen LogP contribution < -0.4 is 15.4 Å². The normalized spacial score (nSPS) is 12.5. The maximum absolute atomic E-state index is 13.7. The van der Waals surface area contributed by atoms with Gasteiger partial charge < -0.3 is 20.5 Å². The van der Waals surface area contributed by atoms with E-state index in [0.29, 0.717) is 23.6 Å². The zero-order valence-electron chi connectivity index (χ0n) is 32.4. The van der Waals surface area contributed by atoms with Crippen LogP contribution in [0.4, 0.5) is 0 Å². The van der Waals surface area contributed by atoms with Crippen LogP contribution in [-0.4, -0.2) is 61.3 Å². The largest absolute Gasteiger partial charge is 0.494 e. The Labute approximate surface area is 323 Å². The fourth-order valence-electron chi connectivity index (χ4n) is 6.15. The van der Waals surface area contributed by atoms with Crippen molar-refractivity contribution >= 4 is 17.8 Å². The number of carbonyl (C=O) groups is 3. The van der Waals surface area contributed by atoms with E-state index in [4.69, 9.17) is 4.74 Å². The lowest BCUT2D eigenvalue weighted by Crippen LogP contribution is -2.53. The van der Waals surface area contributed by atoms with E-state index in [1.807, 2.05) is 60.7 Å². The van der Waals surface area contributed by atoms with Crippen LogP contribution >= 0.6 is 0 Å². The van der Waals surface area contributed by atoms with Gasteiger partial charge in [-0.15, -0.1) is 0 Å². The Morgan fingerprint density at radius 1 is 0.745 bits per heavy atom. The van der Waals surface area contributed by atoms with E-state index in [1.165, 1.54) is 25.7 Å². The number of benzene rings is 3. The van der Waals surface area contributed by atoms with Crippen molar-refractivity contribution in [3.63, 3.8) is 0 Å². The summed E-state index contributed by atoms with van der Waals surface area (Å²) < 4.78 is 7.47. The number of hydrogen-bond donors (Lipinski definition) is 3. The molecule has 55 heavy (non-hydrogen) atoms. The molecule has 0 saturated carbocycles. The number of carbonyl (C=O) groups excluding carboxylic acids is 2. The van der Waals surface area contributed by atoms with Gasteiger partial charge in [0.2, 0.25) is 5.91 Å². The highest BCUT2D eigenvalue weighted by molar-refractivity contribution is 5.98. The SMILES string of the molecule is CCCCCCCOc1ccc(-c2cnc(-c3ccc(C[C@H](NC(=O)c4ccc(C(C)(C)C)cc4)C(=O)N[C@@H](Cc4cnn(C)c4)C(=O)O)cc3)nc2)cc1. The van der Waals surface area contributed by atoms with Gasteiger partial charge in [0, 0.05) is 55.2 Å². The third kappa shape index (κ3) is 11.8. The number of rotatable bonds is 18. The molecule has 5 rings (SSSR count). The van der Waals surface area contributed by atoms with Gasteiger partial charge in [0.05, 0.1) is 12.8 Å². The highest BCUT2D eigenvalue weighted by Gasteiger charge is 2.28. The van der Waals surface area contributed by atoms with E-state index in [9.17, 15) is 19.5 Å². The van der Waals surface area contributed by atoms with Crippen LogP contribution in [0.1, 0.15) is 86.8 Å². The van der Waals surface area contributed by atoms with Crippen molar-refractivity contribution in [2.24, 2.45) is 7.05 Å². The number of hydrogen-bond acceptors (Lipinski definition) is 7.